The standard InChI is InChI=1S/C24H19F2NO5S/c25-21-9-8-17(13-22(21)26)23(28)15-32-24(29)18-6-3-7-20(12-18)33(30,31)27-11-10-16-4-1-2-5-19(16)14-27/h1-9,12-13H,10-11,14-15H2. The minimum atomic E-state index is -3.86. The van der Waals surface area contributed by atoms with Crippen LogP contribution in [-0.2, 0) is 27.7 Å². The van der Waals surface area contributed by atoms with Crippen LogP contribution in [0.15, 0.2) is 71.6 Å². The number of rotatable bonds is 6. The van der Waals surface area contributed by atoms with Gasteiger partial charge in [-0.1, -0.05) is 30.3 Å². The van der Waals surface area contributed by atoms with Crippen LogP contribution in [0.5, 0.6) is 0 Å². The van der Waals surface area contributed by atoms with E-state index in [0.717, 1.165) is 29.3 Å². The lowest BCUT2D eigenvalue weighted by Crippen LogP contribution is -2.36. The average Bonchev–Trinajstić information content (AvgIpc) is 2.83. The van der Waals surface area contributed by atoms with E-state index in [4.69, 9.17) is 4.74 Å². The summed E-state index contributed by atoms with van der Waals surface area (Å²) in [4.78, 5) is 24.4. The quantitative estimate of drug-likeness (QED) is 0.404. The van der Waals surface area contributed by atoms with Gasteiger partial charge in [0.2, 0.25) is 10.0 Å². The van der Waals surface area contributed by atoms with Crippen molar-refractivity contribution in [2.24, 2.45) is 0 Å². The Labute approximate surface area is 189 Å². The van der Waals surface area contributed by atoms with Crippen LogP contribution in [0.3, 0.4) is 0 Å². The van der Waals surface area contributed by atoms with E-state index in [-0.39, 0.29) is 22.6 Å². The van der Waals surface area contributed by atoms with Gasteiger partial charge in [-0.2, -0.15) is 4.31 Å². The summed E-state index contributed by atoms with van der Waals surface area (Å²) in [6.45, 7) is -0.156. The van der Waals surface area contributed by atoms with Gasteiger partial charge in [-0.05, 0) is 53.9 Å². The highest BCUT2D eigenvalue weighted by molar-refractivity contribution is 7.89. The molecule has 0 aromatic heterocycles. The minimum absolute atomic E-state index is 0.0495. The maximum Gasteiger partial charge on any atom is 0.338 e. The third kappa shape index (κ3) is 4.84. The lowest BCUT2D eigenvalue weighted by atomic mass is 10.0. The van der Waals surface area contributed by atoms with Crippen LogP contribution < -0.4 is 0 Å². The second kappa shape index (κ2) is 9.21. The molecule has 0 N–H and O–H groups in total. The molecule has 0 saturated carbocycles. The molecule has 0 unspecified atom stereocenters. The highest BCUT2D eigenvalue weighted by atomic mass is 32.2. The number of carbonyl (C=O) groups is 2. The summed E-state index contributed by atoms with van der Waals surface area (Å²) >= 11 is 0. The van der Waals surface area contributed by atoms with Crippen LogP contribution in [0.25, 0.3) is 0 Å². The number of hydrogen-bond acceptors (Lipinski definition) is 5. The fourth-order valence-corrected chi connectivity index (χ4v) is 5.04. The van der Waals surface area contributed by atoms with Crippen LogP contribution in [0, 0.1) is 11.6 Å². The van der Waals surface area contributed by atoms with E-state index in [0.29, 0.717) is 13.0 Å². The van der Waals surface area contributed by atoms with E-state index in [1.807, 2.05) is 24.3 Å². The van der Waals surface area contributed by atoms with Crippen molar-refractivity contribution >= 4 is 21.8 Å². The first-order chi connectivity index (χ1) is 15.8. The molecule has 1 aliphatic rings. The summed E-state index contributed by atoms with van der Waals surface area (Å²) in [7, 11) is -3.86. The number of esters is 1. The molecule has 3 aromatic rings. The Morgan fingerprint density at radius 3 is 2.39 bits per heavy atom. The largest absolute Gasteiger partial charge is 0.454 e. The van der Waals surface area contributed by atoms with E-state index >= 15 is 0 Å². The van der Waals surface area contributed by atoms with Crippen molar-refractivity contribution in [2.45, 2.75) is 17.9 Å². The molecule has 33 heavy (non-hydrogen) atoms. The summed E-state index contributed by atoms with van der Waals surface area (Å²) in [5, 5.41) is 0. The third-order valence-electron chi connectivity index (χ3n) is 5.38. The van der Waals surface area contributed by atoms with Crippen molar-refractivity contribution in [3.63, 3.8) is 0 Å². The van der Waals surface area contributed by atoms with Crippen molar-refractivity contribution in [1.29, 1.82) is 0 Å². The topological polar surface area (TPSA) is 80.8 Å². The monoisotopic (exact) mass is 471 g/mol. The average molecular weight is 471 g/mol. The predicted octanol–water partition coefficient (Wildman–Crippen LogP) is 3.75. The Balaban J connectivity index is 1.46. The SMILES string of the molecule is O=C(COC(=O)c1cccc(S(=O)(=O)N2CCc3ccccc3C2)c1)c1ccc(F)c(F)c1. The summed E-state index contributed by atoms with van der Waals surface area (Å²) in [6, 6.07) is 15.6. The molecule has 0 saturated heterocycles. The molecule has 0 atom stereocenters. The van der Waals surface area contributed by atoms with Gasteiger partial charge in [0.1, 0.15) is 0 Å². The molecule has 0 fully saturated rings. The van der Waals surface area contributed by atoms with Gasteiger partial charge in [0.25, 0.3) is 0 Å². The summed E-state index contributed by atoms with van der Waals surface area (Å²) < 4.78 is 58.9. The number of ketones is 1. The number of carbonyl (C=O) groups excluding carboxylic acids is 2. The molecular weight excluding hydrogens is 452 g/mol. The second-order valence-corrected chi connectivity index (χ2v) is 9.45. The molecule has 1 heterocycles. The zero-order valence-corrected chi connectivity index (χ0v) is 18.1. The molecule has 1 aliphatic heterocycles. The third-order valence-corrected chi connectivity index (χ3v) is 7.22. The number of halogens is 2. The van der Waals surface area contributed by atoms with Crippen molar-refractivity contribution in [1.82, 2.24) is 4.31 Å². The Kier molecular flexibility index (Phi) is 6.35. The lowest BCUT2D eigenvalue weighted by Gasteiger charge is -2.28. The number of benzene rings is 3. The molecule has 0 radical (unpaired) electrons. The van der Waals surface area contributed by atoms with Crippen molar-refractivity contribution in [2.75, 3.05) is 13.2 Å². The maximum absolute atomic E-state index is 13.3. The van der Waals surface area contributed by atoms with E-state index in [1.54, 1.807) is 0 Å². The summed E-state index contributed by atoms with van der Waals surface area (Å²) in [6.07, 6.45) is 0.587. The second-order valence-electron chi connectivity index (χ2n) is 7.51. The van der Waals surface area contributed by atoms with Gasteiger partial charge in [0, 0.05) is 18.7 Å². The number of hydrogen-bond donors (Lipinski definition) is 0. The van der Waals surface area contributed by atoms with Crippen molar-refractivity contribution < 1.29 is 31.5 Å². The van der Waals surface area contributed by atoms with E-state index < -0.39 is 40.0 Å². The van der Waals surface area contributed by atoms with Crippen LogP contribution >= 0.6 is 0 Å². The smallest absolute Gasteiger partial charge is 0.338 e. The maximum atomic E-state index is 13.3. The Morgan fingerprint density at radius 1 is 0.879 bits per heavy atom. The van der Waals surface area contributed by atoms with E-state index in [2.05, 4.69) is 0 Å². The molecule has 6 nitrogen and oxygen atoms in total. The lowest BCUT2D eigenvalue weighted by molar-refractivity contribution is 0.0474. The molecule has 9 heteroatoms. The first-order valence-corrected chi connectivity index (χ1v) is 11.5. The van der Waals surface area contributed by atoms with Crippen LogP contribution in [0.1, 0.15) is 31.8 Å². The molecule has 0 spiro atoms. The number of fused-ring (bicyclic) bond motifs is 1. The van der Waals surface area contributed by atoms with Gasteiger partial charge in [0.05, 0.1) is 10.5 Å². The highest BCUT2D eigenvalue weighted by Gasteiger charge is 2.29. The number of ether oxygens (including phenoxy) is 1. The van der Waals surface area contributed by atoms with Crippen LogP contribution in [-0.4, -0.2) is 37.6 Å². The molecule has 3 aromatic carbocycles. The molecule has 170 valence electrons. The zero-order chi connectivity index (χ0) is 23.6. The van der Waals surface area contributed by atoms with Crippen LogP contribution in [0.4, 0.5) is 8.78 Å². The predicted molar refractivity (Wildman–Crippen MR) is 115 cm³/mol. The summed E-state index contributed by atoms with van der Waals surface area (Å²) in [5.74, 6) is -3.92. The van der Waals surface area contributed by atoms with Gasteiger partial charge < -0.3 is 4.74 Å². The Bertz CT molecular complexity index is 1340. The van der Waals surface area contributed by atoms with Gasteiger partial charge in [-0.25, -0.2) is 22.0 Å². The number of sulfonamides is 1. The number of nitrogens with zero attached hydrogens (tertiary/aromatic N) is 1. The van der Waals surface area contributed by atoms with Crippen molar-refractivity contribution in [3.8, 4) is 0 Å². The Hall–Kier alpha value is -3.43. The molecule has 0 amide bonds. The minimum Gasteiger partial charge on any atom is -0.454 e. The molecular formula is C24H19F2NO5S. The fraction of sp³-hybridized carbons (Fsp3) is 0.167. The zero-order valence-electron chi connectivity index (χ0n) is 17.3. The molecule has 4 rings (SSSR count). The molecule has 0 aliphatic carbocycles. The highest BCUT2D eigenvalue weighted by Crippen LogP contribution is 2.25. The van der Waals surface area contributed by atoms with Gasteiger partial charge in [0.15, 0.2) is 24.0 Å². The first-order valence-electron chi connectivity index (χ1n) is 10.1. The van der Waals surface area contributed by atoms with E-state index in [9.17, 15) is 26.8 Å². The normalized spacial score (nSPS) is 13.9. The molecule has 0 bridgehead atoms. The first kappa shape index (κ1) is 22.8. The summed E-state index contributed by atoms with van der Waals surface area (Å²) in [5.41, 5.74) is 1.83. The number of Topliss-reactive ketones (excluding diaryl/α,β-unsaturated/α-hetero) is 1. The van der Waals surface area contributed by atoms with Gasteiger partial charge in [-0.3, -0.25) is 4.79 Å². The fourth-order valence-electron chi connectivity index (χ4n) is 3.57. The van der Waals surface area contributed by atoms with Gasteiger partial charge >= 0.3 is 5.97 Å². The Morgan fingerprint density at radius 2 is 1.64 bits per heavy atom. The van der Waals surface area contributed by atoms with Crippen molar-refractivity contribution in [3.05, 3.63) is 101 Å². The van der Waals surface area contributed by atoms with Gasteiger partial charge in [-0.15, -0.1) is 0 Å². The van der Waals surface area contributed by atoms with E-state index in [1.165, 1.54) is 28.6 Å². The van der Waals surface area contributed by atoms with Crippen LogP contribution in [0.2, 0.25) is 0 Å².